The van der Waals surface area contributed by atoms with Crippen molar-refractivity contribution in [2.45, 2.75) is 49.9 Å². The molecule has 3 aromatic rings. The summed E-state index contributed by atoms with van der Waals surface area (Å²) in [6, 6.07) is 6.30. The molecule has 1 N–H and O–H groups in total. The quantitative estimate of drug-likeness (QED) is 0.515. The molecule has 7 nitrogen and oxygen atoms in total. The second kappa shape index (κ2) is 9.12. The molecule has 10 heteroatoms. The van der Waals surface area contributed by atoms with Gasteiger partial charge < -0.3 is 10.1 Å². The van der Waals surface area contributed by atoms with E-state index in [9.17, 15) is 10.1 Å². The highest BCUT2D eigenvalue weighted by Gasteiger charge is 2.25. The summed E-state index contributed by atoms with van der Waals surface area (Å²) in [5.41, 5.74) is 1.75. The van der Waals surface area contributed by atoms with Crippen LogP contribution in [0.5, 0.6) is 0 Å². The Hall–Kier alpha value is -2.19. The summed E-state index contributed by atoms with van der Waals surface area (Å²) in [6.07, 6.45) is 5.25. The van der Waals surface area contributed by atoms with Crippen molar-refractivity contribution in [2.24, 2.45) is 0 Å². The number of thiophene rings is 2. The van der Waals surface area contributed by atoms with Crippen molar-refractivity contribution in [3.05, 3.63) is 33.5 Å². The van der Waals surface area contributed by atoms with Crippen molar-refractivity contribution in [1.29, 1.82) is 5.26 Å². The van der Waals surface area contributed by atoms with Crippen LogP contribution in [-0.2, 0) is 28.9 Å². The van der Waals surface area contributed by atoms with E-state index in [1.807, 2.05) is 17.5 Å². The van der Waals surface area contributed by atoms with Crippen molar-refractivity contribution < 1.29 is 9.53 Å². The number of ether oxygens (including phenoxy) is 1. The number of carbonyl (C=O) groups excluding carboxylic acids is 1. The van der Waals surface area contributed by atoms with Crippen LogP contribution in [0.3, 0.4) is 0 Å². The fraction of sp³-hybridized carbons (Fsp3) is 0.429. The van der Waals surface area contributed by atoms with Gasteiger partial charge in [-0.3, -0.25) is 9.36 Å². The van der Waals surface area contributed by atoms with E-state index in [0.717, 1.165) is 55.0 Å². The van der Waals surface area contributed by atoms with Gasteiger partial charge in [0, 0.05) is 11.5 Å². The van der Waals surface area contributed by atoms with Crippen LogP contribution in [-0.4, -0.2) is 39.1 Å². The third-order valence-electron chi connectivity index (χ3n) is 5.49. The van der Waals surface area contributed by atoms with Crippen LogP contribution >= 0.6 is 34.4 Å². The van der Waals surface area contributed by atoms with Crippen LogP contribution in [0.15, 0.2) is 22.7 Å². The summed E-state index contributed by atoms with van der Waals surface area (Å²) in [5, 5.41) is 24.6. The highest BCUT2D eigenvalue weighted by atomic mass is 32.2. The zero-order chi connectivity index (χ0) is 21.2. The van der Waals surface area contributed by atoms with Crippen molar-refractivity contribution >= 4 is 45.3 Å². The maximum atomic E-state index is 12.7. The van der Waals surface area contributed by atoms with Gasteiger partial charge >= 0.3 is 0 Å². The van der Waals surface area contributed by atoms with Gasteiger partial charge in [0.25, 0.3) is 0 Å². The van der Waals surface area contributed by atoms with Crippen LogP contribution < -0.4 is 5.32 Å². The number of aryl methyl sites for hydroxylation is 1. The molecular weight excluding hydrogens is 450 g/mol. The molecule has 0 aromatic carbocycles. The summed E-state index contributed by atoms with van der Waals surface area (Å²) >= 11 is 4.53. The molecule has 1 saturated heterocycles. The van der Waals surface area contributed by atoms with Crippen LogP contribution in [0.4, 0.5) is 5.00 Å². The molecule has 0 radical (unpaired) electrons. The number of thioether (sulfide) groups is 1. The molecule has 3 aromatic heterocycles. The number of rotatable bonds is 7. The van der Waals surface area contributed by atoms with E-state index < -0.39 is 0 Å². The largest absolute Gasteiger partial charge is 0.376 e. The molecule has 160 valence electrons. The Morgan fingerprint density at radius 2 is 2.32 bits per heavy atom. The molecule has 4 heterocycles. The molecule has 1 fully saturated rings. The van der Waals surface area contributed by atoms with Gasteiger partial charge in [0.1, 0.15) is 11.1 Å². The molecule has 5 rings (SSSR count). The lowest BCUT2D eigenvalue weighted by molar-refractivity contribution is -0.113. The number of amides is 1. The van der Waals surface area contributed by atoms with E-state index in [1.165, 1.54) is 28.0 Å². The zero-order valence-electron chi connectivity index (χ0n) is 16.8. The summed E-state index contributed by atoms with van der Waals surface area (Å²) in [5.74, 6) is 0.891. The highest BCUT2D eigenvalue weighted by Crippen LogP contribution is 2.38. The van der Waals surface area contributed by atoms with Gasteiger partial charge in [-0.25, -0.2) is 0 Å². The first-order valence-corrected chi connectivity index (χ1v) is 13.0. The van der Waals surface area contributed by atoms with E-state index in [2.05, 4.69) is 26.2 Å². The Bertz CT molecular complexity index is 1120. The molecule has 1 atom stereocenters. The van der Waals surface area contributed by atoms with Crippen molar-refractivity contribution in [3.63, 3.8) is 0 Å². The number of anilines is 1. The van der Waals surface area contributed by atoms with Crippen molar-refractivity contribution in [2.75, 3.05) is 17.7 Å². The average molecular weight is 472 g/mol. The topological polar surface area (TPSA) is 92.8 Å². The molecule has 1 amide bonds. The number of fused-ring (bicyclic) bond motifs is 1. The van der Waals surface area contributed by atoms with Gasteiger partial charge in [0.15, 0.2) is 11.0 Å². The highest BCUT2D eigenvalue weighted by molar-refractivity contribution is 7.99. The lowest BCUT2D eigenvalue weighted by atomic mass is 10.1. The minimum absolute atomic E-state index is 0.134. The standard InChI is InChI=1S/C21H21N5O2S3/c22-10-15-14-5-1-6-16(14)31-20(15)23-18(27)12-30-21-25-24-19(17-7-3-9-29-17)26(21)11-13-4-2-8-28-13/h3,7,9,13H,1-2,4-6,8,11-12H2,(H,23,27). The molecular formula is C21H21N5O2S3. The molecule has 0 saturated carbocycles. The van der Waals surface area contributed by atoms with E-state index in [0.29, 0.717) is 22.3 Å². The summed E-state index contributed by atoms with van der Waals surface area (Å²) < 4.78 is 7.89. The molecule has 0 spiro atoms. The predicted molar refractivity (Wildman–Crippen MR) is 123 cm³/mol. The number of nitrogens with one attached hydrogen (secondary N) is 1. The first kappa shape index (κ1) is 20.7. The molecule has 31 heavy (non-hydrogen) atoms. The fourth-order valence-corrected chi connectivity index (χ4v) is 6.76. The van der Waals surface area contributed by atoms with Crippen LogP contribution in [0.2, 0.25) is 0 Å². The van der Waals surface area contributed by atoms with Crippen LogP contribution in [0.25, 0.3) is 10.7 Å². The number of carbonyl (C=O) groups is 1. The van der Waals surface area contributed by atoms with Crippen LogP contribution in [0, 0.1) is 11.3 Å². The monoisotopic (exact) mass is 471 g/mol. The first-order valence-electron chi connectivity index (χ1n) is 10.3. The molecule has 0 bridgehead atoms. The summed E-state index contributed by atoms with van der Waals surface area (Å²) in [7, 11) is 0. The Labute approximate surface area is 192 Å². The maximum Gasteiger partial charge on any atom is 0.235 e. The van der Waals surface area contributed by atoms with Gasteiger partial charge in [-0.1, -0.05) is 17.8 Å². The number of hydrogen-bond acceptors (Lipinski definition) is 8. The van der Waals surface area contributed by atoms with Crippen molar-refractivity contribution in [3.8, 4) is 16.8 Å². The normalized spacial score (nSPS) is 17.6. The molecule has 1 aliphatic heterocycles. The third-order valence-corrected chi connectivity index (χ3v) is 8.53. The fourth-order valence-electron chi connectivity index (χ4n) is 4.04. The van der Waals surface area contributed by atoms with E-state index in [4.69, 9.17) is 4.74 Å². The maximum absolute atomic E-state index is 12.7. The minimum Gasteiger partial charge on any atom is -0.376 e. The van der Waals surface area contributed by atoms with E-state index in [-0.39, 0.29) is 17.8 Å². The molecule has 1 unspecified atom stereocenters. The third kappa shape index (κ3) is 4.28. The minimum atomic E-state index is -0.134. The Morgan fingerprint density at radius 1 is 1.39 bits per heavy atom. The number of hydrogen-bond donors (Lipinski definition) is 1. The molecule has 2 aliphatic rings. The van der Waals surface area contributed by atoms with E-state index >= 15 is 0 Å². The van der Waals surface area contributed by atoms with Gasteiger partial charge in [-0.05, 0) is 49.1 Å². The SMILES string of the molecule is N#Cc1c(NC(=O)CSc2nnc(-c3cccs3)n2CC2CCCO2)sc2c1CCC2. The lowest BCUT2D eigenvalue weighted by Crippen LogP contribution is -2.18. The van der Waals surface area contributed by atoms with Crippen LogP contribution in [0.1, 0.15) is 35.3 Å². The lowest BCUT2D eigenvalue weighted by Gasteiger charge is -2.14. The van der Waals surface area contributed by atoms with Gasteiger partial charge in [0.2, 0.25) is 5.91 Å². The zero-order valence-corrected chi connectivity index (χ0v) is 19.2. The first-order chi connectivity index (χ1) is 15.2. The summed E-state index contributed by atoms with van der Waals surface area (Å²) in [6.45, 7) is 1.47. The van der Waals surface area contributed by atoms with Gasteiger partial charge in [0.05, 0.1) is 28.8 Å². The Morgan fingerprint density at radius 3 is 3.10 bits per heavy atom. The summed E-state index contributed by atoms with van der Waals surface area (Å²) in [4.78, 5) is 14.9. The Kier molecular flexibility index (Phi) is 6.09. The molecule has 1 aliphatic carbocycles. The number of nitrogens with zero attached hydrogens (tertiary/aromatic N) is 4. The van der Waals surface area contributed by atoms with Crippen molar-refractivity contribution in [1.82, 2.24) is 14.8 Å². The average Bonchev–Trinajstić information content (AvgIpc) is 3.55. The second-order valence-corrected chi connectivity index (χ2v) is 10.5. The predicted octanol–water partition coefficient (Wildman–Crippen LogP) is 4.34. The Balaban J connectivity index is 1.30. The number of nitriles is 1. The van der Waals surface area contributed by atoms with E-state index in [1.54, 1.807) is 11.3 Å². The van der Waals surface area contributed by atoms with Gasteiger partial charge in [-0.2, -0.15) is 5.26 Å². The number of aromatic nitrogens is 3. The van der Waals surface area contributed by atoms with Gasteiger partial charge in [-0.15, -0.1) is 32.9 Å². The second-order valence-electron chi connectivity index (χ2n) is 7.54. The smallest absolute Gasteiger partial charge is 0.235 e.